The van der Waals surface area contributed by atoms with Crippen molar-refractivity contribution in [3.8, 4) is 0 Å². The predicted octanol–water partition coefficient (Wildman–Crippen LogP) is 3.55. The van der Waals surface area contributed by atoms with Gasteiger partial charge < -0.3 is 10.6 Å². The lowest BCUT2D eigenvalue weighted by atomic mass is 10.2. The molecular formula is C18H17Cl2N3O5S. The molecule has 2 rings (SSSR count). The van der Waals surface area contributed by atoms with E-state index in [0.29, 0.717) is 15.6 Å². The van der Waals surface area contributed by atoms with Gasteiger partial charge in [-0.1, -0.05) is 23.2 Å². The van der Waals surface area contributed by atoms with E-state index in [1.54, 1.807) is 18.2 Å². The molecule has 2 aromatic carbocycles. The number of halogens is 2. The Balaban J connectivity index is 1.93. The van der Waals surface area contributed by atoms with Gasteiger partial charge in [0, 0.05) is 41.5 Å². The lowest BCUT2D eigenvalue weighted by molar-refractivity contribution is -0.384. The molecule has 8 nitrogen and oxygen atoms in total. The van der Waals surface area contributed by atoms with Crippen LogP contribution in [0.5, 0.6) is 0 Å². The number of nitrogens with one attached hydrogen (secondary N) is 2. The maximum Gasteiger partial charge on any atom is 0.293 e. The second-order valence-electron chi connectivity index (χ2n) is 5.93. The Morgan fingerprint density at radius 1 is 1.17 bits per heavy atom. The molecule has 0 aliphatic carbocycles. The van der Waals surface area contributed by atoms with Crippen molar-refractivity contribution >= 4 is 56.4 Å². The van der Waals surface area contributed by atoms with Crippen molar-refractivity contribution in [2.45, 2.75) is 4.90 Å². The van der Waals surface area contributed by atoms with E-state index < -0.39 is 14.8 Å². The van der Waals surface area contributed by atoms with Crippen molar-refractivity contribution < 1.29 is 18.1 Å². The summed E-state index contributed by atoms with van der Waals surface area (Å²) in [5.41, 5.74) is 0.377. The van der Waals surface area contributed by atoms with Gasteiger partial charge in [-0.25, -0.2) is 8.42 Å². The van der Waals surface area contributed by atoms with E-state index >= 15 is 0 Å². The lowest BCUT2D eigenvalue weighted by Crippen LogP contribution is -2.27. The van der Waals surface area contributed by atoms with Crippen molar-refractivity contribution in [2.75, 3.05) is 24.7 Å². The minimum absolute atomic E-state index is 0.145. The minimum Gasteiger partial charge on any atom is -0.378 e. The van der Waals surface area contributed by atoms with E-state index in [1.165, 1.54) is 24.3 Å². The largest absolute Gasteiger partial charge is 0.378 e. The maximum atomic E-state index is 11.9. The molecule has 0 heterocycles. The predicted molar refractivity (Wildman–Crippen MR) is 113 cm³/mol. The highest BCUT2D eigenvalue weighted by atomic mass is 35.5. The van der Waals surface area contributed by atoms with Crippen LogP contribution in [-0.2, 0) is 14.6 Å². The summed E-state index contributed by atoms with van der Waals surface area (Å²) in [5.74, 6) is -0.384. The van der Waals surface area contributed by atoms with Crippen molar-refractivity contribution in [3.05, 3.63) is 68.2 Å². The maximum absolute atomic E-state index is 11.9. The van der Waals surface area contributed by atoms with Crippen LogP contribution in [0.2, 0.25) is 10.0 Å². The number of hydrogen-bond donors (Lipinski definition) is 2. The molecule has 0 saturated heterocycles. The average Bonchev–Trinajstić information content (AvgIpc) is 2.65. The zero-order valence-corrected chi connectivity index (χ0v) is 17.5. The van der Waals surface area contributed by atoms with Gasteiger partial charge in [0.15, 0.2) is 9.84 Å². The van der Waals surface area contributed by atoms with Crippen LogP contribution in [-0.4, -0.2) is 38.6 Å². The third-order valence-electron chi connectivity index (χ3n) is 3.71. The normalized spacial score (nSPS) is 11.4. The molecule has 0 bridgehead atoms. The number of anilines is 1. The number of rotatable bonds is 8. The molecule has 11 heteroatoms. The van der Waals surface area contributed by atoms with Gasteiger partial charge in [-0.3, -0.25) is 14.9 Å². The van der Waals surface area contributed by atoms with Crippen LogP contribution in [0, 0.1) is 10.1 Å². The third-order valence-corrected chi connectivity index (χ3v) is 5.40. The van der Waals surface area contributed by atoms with Crippen LogP contribution < -0.4 is 10.6 Å². The van der Waals surface area contributed by atoms with Gasteiger partial charge in [0.05, 0.1) is 9.82 Å². The highest BCUT2D eigenvalue weighted by molar-refractivity contribution is 7.90. The molecule has 0 spiro atoms. The van der Waals surface area contributed by atoms with Gasteiger partial charge in [-0.05, 0) is 42.0 Å². The van der Waals surface area contributed by atoms with Crippen molar-refractivity contribution in [1.29, 1.82) is 0 Å². The van der Waals surface area contributed by atoms with Crippen molar-refractivity contribution in [1.82, 2.24) is 5.32 Å². The number of carbonyl (C=O) groups excluding carboxylic acids is 1. The number of carbonyl (C=O) groups is 1. The van der Waals surface area contributed by atoms with E-state index in [4.69, 9.17) is 23.2 Å². The molecule has 2 aromatic rings. The fourth-order valence-electron chi connectivity index (χ4n) is 2.29. The third kappa shape index (κ3) is 6.74. The van der Waals surface area contributed by atoms with Gasteiger partial charge in [0.25, 0.3) is 5.69 Å². The first kappa shape index (κ1) is 22.7. The molecule has 0 aromatic heterocycles. The van der Waals surface area contributed by atoms with Crippen LogP contribution in [0.1, 0.15) is 5.56 Å². The Morgan fingerprint density at radius 3 is 2.55 bits per heavy atom. The Hall–Kier alpha value is -2.62. The summed E-state index contributed by atoms with van der Waals surface area (Å²) in [4.78, 5) is 22.2. The summed E-state index contributed by atoms with van der Waals surface area (Å²) in [6, 6.07) is 8.46. The van der Waals surface area contributed by atoms with Gasteiger partial charge in [0.2, 0.25) is 5.91 Å². The van der Waals surface area contributed by atoms with Crippen LogP contribution in [0.4, 0.5) is 11.4 Å². The van der Waals surface area contributed by atoms with Crippen molar-refractivity contribution in [3.63, 3.8) is 0 Å². The molecule has 0 saturated carbocycles. The average molecular weight is 458 g/mol. The van der Waals surface area contributed by atoms with Crippen LogP contribution in [0.25, 0.3) is 6.08 Å². The number of benzene rings is 2. The number of amides is 1. The zero-order chi connectivity index (χ0) is 21.6. The summed E-state index contributed by atoms with van der Waals surface area (Å²) in [7, 11) is -3.56. The van der Waals surface area contributed by atoms with Gasteiger partial charge in [-0.2, -0.15) is 0 Å². The number of nitro groups is 1. The summed E-state index contributed by atoms with van der Waals surface area (Å²) >= 11 is 11.9. The Labute approximate surface area is 177 Å². The quantitative estimate of drug-likeness (QED) is 0.270. The van der Waals surface area contributed by atoms with E-state index in [-0.39, 0.29) is 35.3 Å². The smallest absolute Gasteiger partial charge is 0.293 e. The molecule has 1 amide bonds. The molecule has 0 atom stereocenters. The first-order valence-electron chi connectivity index (χ1n) is 8.21. The fraction of sp³-hybridized carbons (Fsp3) is 0.167. The molecule has 0 fully saturated rings. The Kier molecular flexibility index (Phi) is 7.60. The van der Waals surface area contributed by atoms with E-state index in [1.807, 2.05) is 0 Å². The molecule has 2 N–H and O–H groups in total. The first-order chi connectivity index (χ1) is 13.6. The summed E-state index contributed by atoms with van der Waals surface area (Å²) in [5, 5.41) is 17.5. The number of nitrogens with zero attached hydrogens (tertiary/aromatic N) is 1. The Bertz CT molecular complexity index is 1070. The van der Waals surface area contributed by atoms with Crippen LogP contribution in [0.15, 0.2) is 47.4 Å². The fourth-order valence-corrected chi connectivity index (χ4v) is 3.29. The molecule has 0 unspecified atom stereocenters. The SMILES string of the molecule is CS(=O)(=O)c1ccc(NCCNC(=O)/C=C/c2cc(Cl)ccc2Cl)c([N+](=O)[O-])c1. The standard InChI is InChI=1S/C18H17Cl2N3O5S/c1-29(27,28)14-4-6-16(17(11-14)23(25)26)21-8-9-22-18(24)7-2-12-10-13(19)3-5-15(12)20/h2-7,10-11,21H,8-9H2,1H3,(H,22,24)/b7-2+. The number of nitro benzene ring substituents is 1. The van der Waals surface area contributed by atoms with E-state index in [9.17, 15) is 23.3 Å². The minimum atomic E-state index is -3.56. The van der Waals surface area contributed by atoms with Crippen molar-refractivity contribution in [2.24, 2.45) is 0 Å². The summed E-state index contributed by atoms with van der Waals surface area (Å²) in [6.07, 6.45) is 3.78. The van der Waals surface area contributed by atoms with E-state index in [0.717, 1.165) is 12.3 Å². The van der Waals surface area contributed by atoms with Crippen LogP contribution in [0.3, 0.4) is 0 Å². The topological polar surface area (TPSA) is 118 Å². The Morgan fingerprint density at radius 2 is 1.90 bits per heavy atom. The monoisotopic (exact) mass is 457 g/mol. The molecule has 29 heavy (non-hydrogen) atoms. The summed E-state index contributed by atoms with van der Waals surface area (Å²) < 4.78 is 23.1. The molecule has 0 aliphatic heterocycles. The van der Waals surface area contributed by atoms with E-state index in [2.05, 4.69) is 10.6 Å². The van der Waals surface area contributed by atoms with Gasteiger partial charge in [0.1, 0.15) is 5.69 Å². The molecule has 154 valence electrons. The number of hydrogen-bond acceptors (Lipinski definition) is 6. The molecule has 0 radical (unpaired) electrons. The summed E-state index contributed by atoms with van der Waals surface area (Å²) in [6.45, 7) is 0.369. The first-order valence-corrected chi connectivity index (χ1v) is 10.9. The molecule has 0 aliphatic rings. The highest BCUT2D eigenvalue weighted by Crippen LogP contribution is 2.27. The number of sulfone groups is 1. The second-order valence-corrected chi connectivity index (χ2v) is 8.78. The zero-order valence-electron chi connectivity index (χ0n) is 15.2. The molecular weight excluding hydrogens is 441 g/mol. The van der Waals surface area contributed by atoms with Crippen LogP contribution >= 0.6 is 23.2 Å². The lowest BCUT2D eigenvalue weighted by Gasteiger charge is -2.08. The second kappa shape index (κ2) is 9.73. The van der Waals surface area contributed by atoms with Gasteiger partial charge >= 0.3 is 0 Å². The highest BCUT2D eigenvalue weighted by Gasteiger charge is 2.18. The van der Waals surface area contributed by atoms with Gasteiger partial charge in [-0.15, -0.1) is 0 Å².